The molecule has 0 bridgehead atoms. The van der Waals surface area contributed by atoms with Gasteiger partial charge in [0.15, 0.2) is 9.84 Å². The van der Waals surface area contributed by atoms with Crippen molar-refractivity contribution in [1.82, 2.24) is 5.32 Å². The lowest BCUT2D eigenvalue weighted by molar-refractivity contribution is -0.119. The molecule has 5 nitrogen and oxygen atoms in total. The molecule has 1 rings (SSSR count). The van der Waals surface area contributed by atoms with E-state index in [0.29, 0.717) is 5.56 Å². The van der Waals surface area contributed by atoms with Crippen molar-refractivity contribution in [2.45, 2.75) is 6.04 Å². The van der Waals surface area contributed by atoms with Crippen LogP contribution in [0.2, 0.25) is 0 Å². The van der Waals surface area contributed by atoms with E-state index in [9.17, 15) is 13.2 Å². The summed E-state index contributed by atoms with van der Waals surface area (Å²) in [6, 6.07) is 9.72. The summed E-state index contributed by atoms with van der Waals surface area (Å²) >= 11 is 0. The normalized spacial score (nSPS) is 12.5. The topological polar surface area (TPSA) is 87.0 Å². The minimum atomic E-state index is -3.38. The average Bonchev–Trinajstić information content (AvgIpc) is 2.24. The lowest BCUT2D eigenvalue weighted by Crippen LogP contribution is -2.32. The Morgan fingerprint density at radius 3 is 2.47 bits per heavy atom. The Balaban J connectivity index is 2.73. The quantitative estimate of drug-likeness (QED) is 0.840. The predicted molar refractivity (Wildman–Crippen MR) is 62.6 cm³/mol. The Labute approximate surface area is 100.0 Å². The van der Waals surface area contributed by atoms with Gasteiger partial charge >= 0.3 is 0 Å². The zero-order chi connectivity index (χ0) is 12.9. The van der Waals surface area contributed by atoms with E-state index in [1.165, 1.54) is 0 Å². The van der Waals surface area contributed by atoms with Crippen molar-refractivity contribution in [1.29, 1.82) is 5.26 Å². The number of benzene rings is 1. The zero-order valence-electron chi connectivity index (χ0n) is 9.25. The van der Waals surface area contributed by atoms with Gasteiger partial charge in [0.05, 0.1) is 6.07 Å². The maximum absolute atomic E-state index is 11.4. The molecule has 0 fully saturated rings. The van der Waals surface area contributed by atoms with Crippen molar-refractivity contribution in [2.24, 2.45) is 0 Å². The molecule has 1 aromatic rings. The molecule has 0 aliphatic heterocycles. The van der Waals surface area contributed by atoms with Gasteiger partial charge in [-0.25, -0.2) is 8.42 Å². The van der Waals surface area contributed by atoms with Crippen molar-refractivity contribution in [3.05, 3.63) is 35.9 Å². The number of nitriles is 1. The summed E-state index contributed by atoms with van der Waals surface area (Å²) in [5.74, 6) is -1.29. The lowest BCUT2D eigenvalue weighted by Gasteiger charge is -2.11. The van der Waals surface area contributed by atoms with Gasteiger partial charge in [0.1, 0.15) is 11.8 Å². The minimum Gasteiger partial charge on any atom is -0.336 e. The SMILES string of the molecule is CS(=O)(=O)CC(=O)NC(C#N)c1ccccc1. The van der Waals surface area contributed by atoms with Crippen LogP contribution in [0.25, 0.3) is 0 Å². The van der Waals surface area contributed by atoms with Crippen molar-refractivity contribution >= 4 is 15.7 Å². The van der Waals surface area contributed by atoms with Gasteiger partial charge in [-0.15, -0.1) is 0 Å². The summed E-state index contributed by atoms with van der Waals surface area (Å²) in [6.45, 7) is 0. The van der Waals surface area contributed by atoms with E-state index in [1.807, 2.05) is 6.07 Å². The van der Waals surface area contributed by atoms with E-state index in [2.05, 4.69) is 5.32 Å². The third-order valence-electron chi connectivity index (χ3n) is 1.96. The number of amides is 1. The third-order valence-corrected chi connectivity index (χ3v) is 2.75. The number of nitrogens with zero attached hydrogens (tertiary/aromatic N) is 1. The highest BCUT2D eigenvalue weighted by Crippen LogP contribution is 2.10. The van der Waals surface area contributed by atoms with Crippen molar-refractivity contribution in [3.8, 4) is 6.07 Å². The standard InChI is InChI=1S/C11H12N2O3S/c1-17(15,16)8-11(14)13-10(7-12)9-5-3-2-4-6-9/h2-6,10H,8H2,1H3,(H,13,14). The Morgan fingerprint density at radius 1 is 1.41 bits per heavy atom. The molecule has 1 N–H and O–H groups in total. The molecule has 1 amide bonds. The summed E-state index contributed by atoms with van der Waals surface area (Å²) < 4.78 is 21.8. The monoisotopic (exact) mass is 252 g/mol. The molecule has 1 aromatic carbocycles. The van der Waals surface area contributed by atoms with Gasteiger partial charge in [-0.1, -0.05) is 30.3 Å². The van der Waals surface area contributed by atoms with Crippen LogP contribution >= 0.6 is 0 Å². The molecular weight excluding hydrogens is 240 g/mol. The van der Waals surface area contributed by atoms with Gasteiger partial charge in [0.25, 0.3) is 0 Å². The highest BCUT2D eigenvalue weighted by Gasteiger charge is 2.16. The predicted octanol–water partition coefficient (Wildman–Crippen LogP) is 0.412. The van der Waals surface area contributed by atoms with Crippen molar-refractivity contribution in [3.63, 3.8) is 0 Å². The summed E-state index contributed by atoms with van der Waals surface area (Å²) in [4.78, 5) is 11.4. The smallest absolute Gasteiger partial charge is 0.236 e. The maximum atomic E-state index is 11.4. The Kier molecular flexibility index (Phi) is 4.24. The van der Waals surface area contributed by atoms with E-state index < -0.39 is 27.5 Å². The molecule has 0 heterocycles. The second-order valence-corrected chi connectivity index (χ2v) is 5.75. The molecule has 0 saturated heterocycles. The van der Waals surface area contributed by atoms with Crippen LogP contribution in [0.4, 0.5) is 0 Å². The Hall–Kier alpha value is -1.87. The first-order valence-corrected chi connectivity index (χ1v) is 6.90. The molecule has 0 radical (unpaired) electrons. The largest absolute Gasteiger partial charge is 0.336 e. The molecule has 0 saturated carbocycles. The fourth-order valence-corrected chi connectivity index (χ4v) is 1.84. The number of hydrogen-bond donors (Lipinski definition) is 1. The summed E-state index contributed by atoms with van der Waals surface area (Å²) in [5.41, 5.74) is 0.622. The molecule has 17 heavy (non-hydrogen) atoms. The first-order chi connectivity index (χ1) is 7.92. The molecule has 6 heteroatoms. The highest BCUT2D eigenvalue weighted by molar-refractivity contribution is 7.91. The Bertz CT molecular complexity index is 532. The van der Waals surface area contributed by atoms with Crippen LogP contribution < -0.4 is 5.32 Å². The third kappa shape index (κ3) is 4.66. The Morgan fingerprint density at radius 2 is 2.00 bits per heavy atom. The van der Waals surface area contributed by atoms with Gasteiger partial charge in [0, 0.05) is 6.26 Å². The fraction of sp³-hybridized carbons (Fsp3) is 0.273. The zero-order valence-corrected chi connectivity index (χ0v) is 10.1. The van der Waals surface area contributed by atoms with Crippen LogP contribution in [-0.4, -0.2) is 26.3 Å². The van der Waals surface area contributed by atoms with Gasteiger partial charge in [0.2, 0.25) is 5.91 Å². The molecule has 0 aliphatic rings. The summed E-state index contributed by atoms with van der Waals surface area (Å²) in [7, 11) is -3.38. The number of rotatable bonds is 4. The molecule has 1 unspecified atom stereocenters. The molecule has 0 spiro atoms. The fourth-order valence-electron chi connectivity index (χ4n) is 1.28. The molecule has 0 aromatic heterocycles. The van der Waals surface area contributed by atoms with Crippen LogP contribution in [0, 0.1) is 11.3 Å². The summed E-state index contributed by atoms with van der Waals surface area (Å²) in [6.07, 6.45) is 0.969. The van der Waals surface area contributed by atoms with E-state index in [0.717, 1.165) is 6.26 Å². The first kappa shape index (κ1) is 13.2. The number of sulfone groups is 1. The minimum absolute atomic E-state index is 0.613. The number of hydrogen-bond acceptors (Lipinski definition) is 4. The number of carbonyl (C=O) groups excluding carboxylic acids is 1. The van der Waals surface area contributed by atoms with E-state index in [-0.39, 0.29) is 0 Å². The van der Waals surface area contributed by atoms with Crippen molar-refractivity contribution in [2.75, 3.05) is 12.0 Å². The molecule has 0 aliphatic carbocycles. The molecular formula is C11H12N2O3S. The molecule has 1 atom stereocenters. The van der Waals surface area contributed by atoms with Crippen molar-refractivity contribution < 1.29 is 13.2 Å². The van der Waals surface area contributed by atoms with Crippen LogP contribution in [0.1, 0.15) is 11.6 Å². The first-order valence-electron chi connectivity index (χ1n) is 4.84. The van der Waals surface area contributed by atoms with Gasteiger partial charge in [-0.2, -0.15) is 5.26 Å². The second-order valence-electron chi connectivity index (χ2n) is 3.61. The van der Waals surface area contributed by atoms with Crippen LogP contribution in [-0.2, 0) is 14.6 Å². The van der Waals surface area contributed by atoms with Crippen LogP contribution in [0.15, 0.2) is 30.3 Å². The lowest BCUT2D eigenvalue weighted by atomic mass is 10.1. The van der Waals surface area contributed by atoms with E-state index in [4.69, 9.17) is 5.26 Å². The summed E-state index contributed by atoms with van der Waals surface area (Å²) in [5, 5.41) is 11.3. The van der Waals surface area contributed by atoms with Crippen LogP contribution in [0.5, 0.6) is 0 Å². The average molecular weight is 252 g/mol. The van der Waals surface area contributed by atoms with E-state index in [1.54, 1.807) is 30.3 Å². The maximum Gasteiger partial charge on any atom is 0.236 e. The van der Waals surface area contributed by atoms with E-state index >= 15 is 0 Å². The van der Waals surface area contributed by atoms with Gasteiger partial charge in [-0.3, -0.25) is 4.79 Å². The number of nitrogens with one attached hydrogen (secondary N) is 1. The van der Waals surface area contributed by atoms with Gasteiger partial charge < -0.3 is 5.32 Å². The second kappa shape index (κ2) is 5.46. The van der Waals surface area contributed by atoms with Crippen LogP contribution in [0.3, 0.4) is 0 Å². The number of carbonyl (C=O) groups is 1. The van der Waals surface area contributed by atoms with Gasteiger partial charge in [-0.05, 0) is 5.56 Å². The molecule has 90 valence electrons. The highest BCUT2D eigenvalue weighted by atomic mass is 32.2.